The van der Waals surface area contributed by atoms with Crippen LogP contribution in [0.25, 0.3) is 0 Å². The van der Waals surface area contributed by atoms with Crippen molar-refractivity contribution in [3.8, 4) is 0 Å². The maximum absolute atomic E-state index is 13.1. The molecule has 1 aromatic carbocycles. The van der Waals surface area contributed by atoms with Gasteiger partial charge in [-0.25, -0.2) is 12.7 Å². The van der Waals surface area contributed by atoms with E-state index in [-0.39, 0.29) is 16.5 Å². The number of aliphatic imine (C=N–C) groups is 1. The van der Waals surface area contributed by atoms with Crippen molar-refractivity contribution in [2.75, 3.05) is 0 Å². The smallest absolute Gasteiger partial charge is 0.266 e. The van der Waals surface area contributed by atoms with Crippen LogP contribution in [0.2, 0.25) is 0 Å². The number of aryl methyl sites for hydroxylation is 1. The predicted octanol–water partition coefficient (Wildman–Crippen LogP) is 2.76. The Labute approximate surface area is 142 Å². The minimum Gasteiger partial charge on any atom is -0.298 e. The zero-order valence-corrected chi connectivity index (χ0v) is 15.4. The predicted molar refractivity (Wildman–Crippen MR) is 91.5 cm³/mol. The van der Waals surface area contributed by atoms with Gasteiger partial charge in [-0.2, -0.15) is 0 Å². The van der Waals surface area contributed by atoms with Crippen LogP contribution in [0, 0.1) is 6.92 Å². The highest BCUT2D eigenvalue weighted by molar-refractivity contribution is 7.89. The second-order valence-corrected chi connectivity index (χ2v) is 8.84. The fraction of sp³-hybridized carbons (Fsp3) is 0.500. The van der Waals surface area contributed by atoms with Gasteiger partial charge < -0.3 is 0 Å². The van der Waals surface area contributed by atoms with Crippen molar-refractivity contribution < 1.29 is 13.2 Å². The maximum Gasteiger partial charge on any atom is 0.266 e. The molecule has 1 aliphatic rings. The number of ketones is 1. The molecule has 1 heterocycles. The van der Waals surface area contributed by atoms with E-state index in [4.69, 9.17) is 11.6 Å². The highest BCUT2D eigenvalue weighted by atomic mass is 35.5. The Morgan fingerprint density at radius 1 is 1.30 bits per heavy atom. The Bertz CT molecular complexity index is 752. The number of sulfonamides is 1. The number of benzene rings is 1. The molecule has 7 heteroatoms. The average molecular weight is 357 g/mol. The van der Waals surface area contributed by atoms with Crippen LogP contribution in [0.5, 0.6) is 0 Å². The Hall–Kier alpha value is -1.40. The van der Waals surface area contributed by atoms with Gasteiger partial charge in [-0.05, 0) is 46.8 Å². The number of hydrogen-bond donors (Lipinski definition) is 0. The third-order valence-corrected chi connectivity index (χ3v) is 5.83. The summed E-state index contributed by atoms with van der Waals surface area (Å²) in [6.45, 7) is 8.38. The molecule has 0 bridgehead atoms. The lowest BCUT2D eigenvalue weighted by Crippen LogP contribution is -2.52. The van der Waals surface area contributed by atoms with Crippen molar-refractivity contribution >= 4 is 33.2 Å². The van der Waals surface area contributed by atoms with Gasteiger partial charge in [0, 0.05) is 0 Å². The zero-order valence-electron chi connectivity index (χ0n) is 13.9. The first kappa shape index (κ1) is 17.9. The van der Waals surface area contributed by atoms with Gasteiger partial charge in [0.25, 0.3) is 10.0 Å². The van der Waals surface area contributed by atoms with E-state index in [1.807, 2.05) is 6.92 Å². The maximum atomic E-state index is 13.1. The summed E-state index contributed by atoms with van der Waals surface area (Å²) >= 11 is 6.15. The summed E-state index contributed by atoms with van der Waals surface area (Å²) in [6.07, 6.45) is 0. The Morgan fingerprint density at radius 2 is 1.83 bits per heavy atom. The summed E-state index contributed by atoms with van der Waals surface area (Å²) in [5.74, 6) is -0.0563. The van der Waals surface area contributed by atoms with Gasteiger partial charge in [-0.3, -0.25) is 9.79 Å². The van der Waals surface area contributed by atoms with Gasteiger partial charge in [0.05, 0.1) is 15.8 Å². The molecule has 0 fully saturated rings. The monoisotopic (exact) mass is 356 g/mol. The molecular weight excluding hydrogens is 336 g/mol. The van der Waals surface area contributed by atoms with E-state index in [1.165, 1.54) is 19.1 Å². The molecule has 0 saturated heterocycles. The van der Waals surface area contributed by atoms with Gasteiger partial charge >= 0.3 is 0 Å². The van der Waals surface area contributed by atoms with Crippen molar-refractivity contribution in [3.05, 3.63) is 29.8 Å². The zero-order chi connectivity index (χ0) is 17.6. The van der Waals surface area contributed by atoms with Crippen LogP contribution >= 0.6 is 11.6 Å². The molecule has 23 heavy (non-hydrogen) atoms. The standard InChI is InChI=1S/C16H21ClN2O3S/c1-10-6-8-13(9-7-10)23(21,22)19-14(12(3)20)16(4,5)18-15(19)11(2)17/h6-9,11,14H,1-5H3/t11-,14-/m1/s1. The number of carbonyl (C=O) groups is 1. The number of halogens is 1. The van der Waals surface area contributed by atoms with E-state index in [0.717, 1.165) is 9.87 Å². The lowest BCUT2D eigenvalue weighted by molar-refractivity contribution is -0.120. The molecule has 1 aromatic rings. The summed E-state index contributed by atoms with van der Waals surface area (Å²) in [4.78, 5) is 16.7. The number of alkyl halides is 1. The fourth-order valence-corrected chi connectivity index (χ4v) is 4.89. The quantitative estimate of drug-likeness (QED) is 0.779. The highest BCUT2D eigenvalue weighted by Crippen LogP contribution is 2.35. The number of carbonyl (C=O) groups excluding carboxylic acids is 1. The first-order valence-electron chi connectivity index (χ1n) is 7.34. The van der Waals surface area contributed by atoms with Crippen molar-refractivity contribution in [1.82, 2.24) is 4.31 Å². The first-order chi connectivity index (χ1) is 10.5. The lowest BCUT2D eigenvalue weighted by Gasteiger charge is -2.31. The van der Waals surface area contributed by atoms with Gasteiger partial charge in [0.2, 0.25) is 0 Å². The number of Topliss-reactive ketones (excluding diaryl/α,β-unsaturated/α-hetero) is 1. The molecule has 126 valence electrons. The van der Waals surface area contributed by atoms with Crippen LogP contribution in [-0.2, 0) is 14.8 Å². The summed E-state index contributed by atoms with van der Waals surface area (Å²) in [5, 5.41) is -0.626. The van der Waals surface area contributed by atoms with Crippen LogP contribution in [-0.4, -0.2) is 41.3 Å². The largest absolute Gasteiger partial charge is 0.298 e. The molecule has 0 amide bonds. The van der Waals surface area contributed by atoms with Gasteiger partial charge in [0.15, 0.2) is 5.78 Å². The minimum absolute atomic E-state index is 0.122. The summed E-state index contributed by atoms with van der Waals surface area (Å²) in [5.41, 5.74) is 0.0932. The Balaban J connectivity index is 2.63. The van der Waals surface area contributed by atoms with Crippen LogP contribution in [0.1, 0.15) is 33.3 Å². The average Bonchev–Trinajstić information content (AvgIpc) is 2.72. The number of amidine groups is 1. The van der Waals surface area contributed by atoms with Gasteiger partial charge in [-0.15, -0.1) is 11.6 Å². The minimum atomic E-state index is -3.92. The molecule has 0 saturated carbocycles. The number of hydrogen-bond acceptors (Lipinski definition) is 4. The van der Waals surface area contributed by atoms with E-state index in [9.17, 15) is 13.2 Å². The molecule has 0 aliphatic carbocycles. The molecule has 0 unspecified atom stereocenters. The second kappa shape index (κ2) is 5.91. The third-order valence-electron chi connectivity index (χ3n) is 3.85. The van der Waals surface area contributed by atoms with Gasteiger partial charge in [-0.1, -0.05) is 17.7 Å². The lowest BCUT2D eigenvalue weighted by atomic mass is 9.94. The normalized spacial score (nSPS) is 21.9. The number of nitrogens with zero attached hydrogens (tertiary/aromatic N) is 2. The van der Waals surface area contributed by atoms with E-state index < -0.39 is 27.0 Å². The third kappa shape index (κ3) is 3.15. The molecule has 0 N–H and O–H groups in total. The summed E-state index contributed by atoms with van der Waals surface area (Å²) < 4.78 is 27.3. The number of rotatable bonds is 4. The molecule has 2 rings (SSSR count). The van der Waals surface area contributed by atoms with Crippen molar-refractivity contribution in [2.45, 2.75) is 56.5 Å². The van der Waals surface area contributed by atoms with Crippen molar-refractivity contribution in [1.29, 1.82) is 0 Å². The van der Waals surface area contributed by atoms with Crippen molar-refractivity contribution in [3.63, 3.8) is 0 Å². The second-order valence-electron chi connectivity index (χ2n) is 6.37. The van der Waals surface area contributed by atoms with E-state index in [1.54, 1.807) is 32.9 Å². The van der Waals surface area contributed by atoms with E-state index in [2.05, 4.69) is 4.99 Å². The molecule has 0 radical (unpaired) electrons. The SMILES string of the molecule is CC(=O)[C@H]1N(S(=O)(=O)c2ccc(C)cc2)C([C@@H](C)Cl)=NC1(C)C. The molecule has 1 aliphatic heterocycles. The van der Waals surface area contributed by atoms with Crippen LogP contribution in [0.4, 0.5) is 0 Å². The first-order valence-corrected chi connectivity index (χ1v) is 9.21. The van der Waals surface area contributed by atoms with E-state index >= 15 is 0 Å². The summed E-state index contributed by atoms with van der Waals surface area (Å²) in [7, 11) is -3.92. The molecule has 0 spiro atoms. The van der Waals surface area contributed by atoms with Crippen LogP contribution in [0.3, 0.4) is 0 Å². The van der Waals surface area contributed by atoms with Gasteiger partial charge in [0.1, 0.15) is 11.9 Å². The molecule has 5 nitrogen and oxygen atoms in total. The van der Waals surface area contributed by atoms with Crippen LogP contribution < -0.4 is 0 Å². The van der Waals surface area contributed by atoms with Crippen molar-refractivity contribution in [2.24, 2.45) is 4.99 Å². The molecule has 2 atom stereocenters. The molecule has 0 aromatic heterocycles. The summed E-state index contributed by atoms with van der Waals surface area (Å²) in [6, 6.07) is 5.60. The fourth-order valence-electron chi connectivity index (χ4n) is 2.84. The topological polar surface area (TPSA) is 66.8 Å². The highest BCUT2D eigenvalue weighted by Gasteiger charge is 2.51. The molecular formula is C16H21ClN2O3S. The Morgan fingerprint density at radius 3 is 2.26 bits per heavy atom. The Kier molecular flexibility index (Phi) is 4.61. The van der Waals surface area contributed by atoms with E-state index in [0.29, 0.717) is 0 Å². The van der Waals surface area contributed by atoms with Crippen LogP contribution in [0.15, 0.2) is 34.2 Å².